The van der Waals surface area contributed by atoms with Crippen LogP contribution in [0.3, 0.4) is 0 Å². The van der Waals surface area contributed by atoms with Gasteiger partial charge >= 0.3 is 0 Å². The van der Waals surface area contributed by atoms with Crippen LogP contribution < -0.4 is 5.32 Å². The van der Waals surface area contributed by atoms with Crippen LogP contribution in [0.4, 0.5) is 5.82 Å². The number of aliphatic hydroxyl groups is 1. The van der Waals surface area contributed by atoms with E-state index in [1.807, 2.05) is 20.8 Å². The lowest BCUT2D eigenvalue weighted by atomic mass is 10.2. The number of rotatable bonds is 6. The molecule has 1 aromatic rings. The van der Waals surface area contributed by atoms with Gasteiger partial charge in [0.05, 0.1) is 11.6 Å². The molecule has 6 heteroatoms. The molecule has 1 amide bonds. The summed E-state index contributed by atoms with van der Waals surface area (Å²) in [7, 11) is 0. The van der Waals surface area contributed by atoms with Gasteiger partial charge in [-0.3, -0.25) is 4.79 Å². The lowest BCUT2D eigenvalue weighted by molar-refractivity contribution is 0.0659. The zero-order chi connectivity index (χ0) is 14.4. The number of carbonyl (C=O) groups is 1. The van der Waals surface area contributed by atoms with Crippen LogP contribution in [0.2, 0.25) is 5.02 Å². The van der Waals surface area contributed by atoms with Crippen molar-refractivity contribution in [3.8, 4) is 0 Å². The van der Waals surface area contributed by atoms with Crippen LogP contribution in [0.25, 0.3) is 0 Å². The topological polar surface area (TPSA) is 65.5 Å². The predicted molar refractivity (Wildman–Crippen MR) is 76.7 cm³/mol. The van der Waals surface area contributed by atoms with E-state index < -0.39 is 0 Å². The molecule has 0 aliphatic heterocycles. The van der Waals surface area contributed by atoms with E-state index in [1.54, 1.807) is 17.0 Å². The highest BCUT2D eigenvalue weighted by Crippen LogP contribution is 2.19. The van der Waals surface area contributed by atoms with Gasteiger partial charge in [0.15, 0.2) is 0 Å². The second-order valence-electron chi connectivity index (χ2n) is 4.37. The van der Waals surface area contributed by atoms with Crippen LogP contribution in [-0.4, -0.2) is 46.6 Å². The molecule has 0 bridgehead atoms. The predicted octanol–water partition coefficient (Wildman–Crippen LogP) is 2.01. The molecule has 0 aromatic carbocycles. The molecular weight excluding hydrogens is 266 g/mol. The van der Waals surface area contributed by atoms with E-state index in [0.717, 1.165) is 0 Å². The highest BCUT2D eigenvalue weighted by molar-refractivity contribution is 6.33. The fourth-order valence-corrected chi connectivity index (χ4v) is 1.90. The van der Waals surface area contributed by atoms with E-state index in [9.17, 15) is 4.79 Å². The molecule has 5 nitrogen and oxygen atoms in total. The molecule has 0 aliphatic rings. The molecule has 0 spiro atoms. The Morgan fingerprint density at radius 2 is 2.21 bits per heavy atom. The number of hydrogen-bond acceptors (Lipinski definition) is 4. The Bertz CT molecular complexity index is 438. The first kappa shape index (κ1) is 15.7. The summed E-state index contributed by atoms with van der Waals surface area (Å²) < 4.78 is 0. The molecule has 0 fully saturated rings. The Balaban J connectivity index is 3.05. The number of anilines is 1. The monoisotopic (exact) mass is 285 g/mol. The van der Waals surface area contributed by atoms with Crippen LogP contribution in [0.1, 0.15) is 31.3 Å². The number of aromatic nitrogens is 1. The van der Waals surface area contributed by atoms with E-state index in [1.165, 1.54) is 0 Å². The van der Waals surface area contributed by atoms with E-state index in [2.05, 4.69) is 10.3 Å². The summed E-state index contributed by atoms with van der Waals surface area (Å²) in [5, 5.41) is 12.4. The molecule has 1 aromatic heterocycles. The standard InChI is InChI=1S/C13H20ClN3O2/c1-4-15-11-6-5-10(14)12(16-11)13(19)17(7-8-18)9(2)3/h5-6,9,18H,4,7-8H2,1-3H3,(H,15,16). The Kier molecular flexibility index (Phi) is 6.05. The van der Waals surface area contributed by atoms with E-state index in [0.29, 0.717) is 17.4 Å². The van der Waals surface area contributed by atoms with Crippen molar-refractivity contribution in [3.63, 3.8) is 0 Å². The molecule has 0 saturated carbocycles. The SMILES string of the molecule is CCNc1ccc(Cl)c(C(=O)N(CCO)C(C)C)n1. The number of nitrogens with one attached hydrogen (secondary N) is 1. The summed E-state index contributed by atoms with van der Waals surface area (Å²) in [6, 6.07) is 3.35. The number of hydrogen-bond donors (Lipinski definition) is 2. The first-order valence-corrected chi connectivity index (χ1v) is 6.71. The quantitative estimate of drug-likeness (QED) is 0.839. The van der Waals surface area contributed by atoms with Gasteiger partial charge in [0.25, 0.3) is 5.91 Å². The van der Waals surface area contributed by atoms with Gasteiger partial charge in [-0.1, -0.05) is 11.6 Å². The fourth-order valence-electron chi connectivity index (χ4n) is 1.71. The van der Waals surface area contributed by atoms with E-state index in [4.69, 9.17) is 16.7 Å². The van der Waals surface area contributed by atoms with Crippen LogP contribution in [-0.2, 0) is 0 Å². The summed E-state index contributed by atoms with van der Waals surface area (Å²) in [6.07, 6.45) is 0. The lowest BCUT2D eigenvalue weighted by Crippen LogP contribution is -2.39. The van der Waals surface area contributed by atoms with Crippen LogP contribution >= 0.6 is 11.6 Å². The van der Waals surface area contributed by atoms with Crippen molar-refractivity contribution in [1.82, 2.24) is 9.88 Å². The minimum atomic E-state index is -0.270. The van der Waals surface area contributed by atoms with Crippen molar-refractivity contribution in [3.05, 3.63) is 22.8 Å². The number of pyridine rings is 1. The maximum Gasteiger partial charge on any atom is 0.274 e. The number of nitrogens with zero attached hydrogens (tertiary/aromatic N) is 2. The molecule has 1 heterocycles. The Morgan fingerprint density at radius 1 is 1.53 bits per heavy atom. The van der Waals surface area contributed by atoms with Gasteiger partial charge < -0.3 is 15.3 Å². The molecule has 2 N–H and O–H groups in total. The average molecular weight is 286 g/mol. The summed E-state index contributed by atoms with van der Waals surface area (Å²) in [5.41, 5.74) is 0.210. The second kappa shape index (κ2) is 7.31. The van der Waals surface area contributed by atoms with Gasteiger partial charge in [0.2, 0.25) is 0 Å². The third kappa shape index (κ3) is 4.08. The molecular formula is C13H20ClN3O2. The van der Waals surface area contributed by atoms with Gasteiger partial charge in [-0.25, -0.2) is 4.98 Å². The van der Waals surface area contributed by atoms with E-state index in [-0.39, 0.29) is 30.8 Å². The molecule has 0 saturated heterocycles. The first-order valence-electron chi connectivity index (χ1n) is 6.33. The van der Waals surface area contributed by atoms with Crippen molar-refractivity contribution in [2.75, 3.05) is 25.0 Å². The van der Waals surface area contributed by atoms with Crippen molar-refractivity contribution < 1.29 is 9.90 Å². The number of amides is 1. The van der Waals surface area contributed by atoms with Crippen LogP contribution in [0, 0.1) is 0 Å². The zero-order valence-electron chi connectivity index (χ0n) is 11.5. The summed E-state index contributed by atoms with van der Waals surface area (Å²) >= 11 is 6.04. The second-order valence-corrected chi connectivity index (χ2v) is 4.78. The van der Waals surface area contributed by atoms with Crippen molar-refractivity contribution in [1.29, 1.82) is 0 Å². The third-order valence-corrected chi connectivity index (χ3v) is 2.94. The third-order valence-electron chi connectivity index (χ3n) is 2.63. The summed E-state index contributed by atoms with van der Waals surface area (Å²) in [6.45, 7) is 6.61. The lowest BCUT2D eigenvalue weighted by Gasteiger charge is -2.26. The maximum atomic E-state index is 12.4. The Labute approximate surface area is 118 Å². The number of carbonyl (C=O) groups excluding carboxylic acids is 1. The molecule has 0 unspecified atom stereocenters. The van der Waals surface area contributed by atoms with Crippen molar-refractivity contribution in [2.24, 2.45) is 0 Å². The minimum Gasteiger partial charge on any atom is -0.395 e. The largest absolute Gasteiger partial charge is 0.395 e. The Hall–Kier alpha value is -1.33. The average Bonchev–Trinajstić information content (AvgIpc) is 2.37. The summed E-state index contributed by atoms with van der Waals surface area (Å²) in [5.74, 6) is 0.344. The smallest absolute Gasteiger partial charge is 0.274 e. The number of halogens is 1. The molecule has 0 atom stereocenters. The van der Waals surface area contributed by atoms with Crippen LogP contribution in [0.5, 0.6) is 0 Å². The molecule has 1 rings (SSSR count). The molecule has 106 valence electrons. The number of aliphatic hydroxyl groups excluding tert-OH is 1. The zero-order valence-corrected chi connectivity index (χ0v) is 12.2. The van der Waals surface area contributed by atoms with Gasteiger partial charge in [-0.2, -0.15) is 0 Å². The fraction of sp³-hybridized carbons (Fsp3) is 0.538. The van der Waals surface area contributed by atoms with Gasteiger partial charge in [0, 0.05) is 19.1 Å². The van der Waals surface area contributed by atoms with Crippen molar-refractivity contribution >= 4 is 23.3 Å². The Morgan fingerprint density at radius 3 is 2.74 bits per heavy atom. The normalized spacial score (nSPS) is 10.6. The van der Waals surface area contributed by atoms with E-state index >= 15 is 0 Å². The summed E-state index contributed by atoms with van der Waals surface area (Å²) in [4.78, 5) is 18.2. The maximum absolute atomic E-state index is 12.4. The van der Waals surface area contributed by atoms with Gasteiger partial charge in [-0.15, -0.1) is 0 Å². The highest BCUT2D eigenvalue weighted by Gasteiger charge is 2.22. The molecule has 0 aliphatic carbocycles. The molecule has 19 heavy (non-hydrogen) atoms. The molecule has 0 radical (unpaired) electrons. The van der Waals surface area contributed by atoms with Gasteiger partial charge in [0.1, 0.15) is 11.5 Å². The van der Waals surface area contributed by atoms with Crippen molar-refractivity contribution in [2.45, 2.75) is 26.8 Å². The minimum absolute atomic E-state index is 0.0275. The van der Waals surface area contributed by atoms with Gasteiger partial charge in [-0.05, 0) is 32.9 Å². The van der Waals surface area contributed by atoms with Crippen LogP contribution in [0.15, 0.2) is 12.1 Å². The first-order chi connectivity index (χ1) is 9.01. The highest BCUT2D eigenvalue weighted by atomic mass is 35.5.